The van der Waals surface area contributed by atoms with E-state index in [2.05, 4.69) is 36.3 Å². The van der Waals surface area contributed by atoms with Crippen molar-refractivity contribution in [3.63, 3.8) is 0 Å². The quantitative estimate of drug-likeness (QED) is 0.486. The highest BCUT2D eigenvalue weighted by atomic mass is 16.4. The monoisotopic (exact) mass is 357 g/mol. The van der Waals surface area contributed by atoms with Crippen LogP contribution in [0.5, 0.6) is 0 Å². The van der Waals surface area contributed by atoms with Crippen LogP contribution in [0.4, 0.5) is 5.69 Å². The van der Waals surface area contributed by atoms with Crippen LogP contribution in [0, 0.1) is 0 Å². The Morgan fingerprint density at radius 2 is 1.74 bits per heavy atom. The zero-order valence-corrected chi connectivity index (χ0v) is 15.5. The smallest absolute Gasteiger partial charge is 0.396 e. The van der Waals surface area contributed by atoms with Gasteiger partial charge in [0.05, 0.1) is 0 Å². The predicted octanol–water partition coefficient (Wildman–Crippen LogP) is 4.92. The van der Waals surface area contributed by atoms with Gasteiger partial charge in [-0.2, -0.15) is 4.57 Å². The highest BCUT2D eigenvalue weighted by molar-refractivity contribution is 6.05. The molecule has 0 N–H and O–H groups in total. The Morgan fingerprint density at radius 3 is 2.44 bits per heavy atom. The van der Waals surface area contributed by atoms with Crippen LogP contribution >= 0.6 is 0 Å². The van der Waals surface area contributed by atoms with E-state index in [9.17, 15) is 4.79 Å². The molecule has 27 heavy (non-hydrogen) atoms. The van der Waals surface area contributed by atoms with Gasteiger partial charge in [0.2, 0.25) is 11.5 Å². The van der Waals surface area contributed by atoms with E-state index in [0.717, 1.165) is 27.6 Å². The van der Waals surface area contributed by atoms with Crippen molar-refractivity contribution in [1.29, 1.82) is 0 Å². The summed E-state index contributed by atoms with van der Waals surface area (Å²) in [7, 11) is 0. The number of para-hydroxylation sites is 1. The van der Waals surface area contributed by atoms with Crippen LogP contribution in [0.1, 0.15) is 19.7 Å². The molecule has 4 aromatic rings. The van der Waals surface area contributed by atoms with E-state index >= 15 is 0 Å². The molecular formula is C23H21N2O2+. The van der Waals surface area contributed by atoms with Gasteiger partial charge in [0, 0.05) is 24.1 Å². The molecule has 1 heterocycles. The molecule has 4 heteroatoms. The number of carbonyl (C=O) groups is 1. The van der Waals surface area contributed by atoms with Crippen molar-refractivity contribution in [3.05, 3.63) is 79.2 Å². The second kappa shape index (κ2) is 6.72. The Labute approximate surface area is 157 Å². The summed E-state index contributed by atoms with van der Waals surface area (Å²) in [5.74, 6) is 0.474. The van der Waals surface area contributed by atoms with Crippen molar-refractivity contribution in [2.75, 3.05) is 4.90 Å². The molecule has 0 bridgehead atoms. The molecule has 0 aliphatic rings. The number of benzene rings is 3. The molecule has 0 spiro atoms. The lowest BCUT2D eigenvalue weighted by Gasteiger charge is -2.20. The Kier molecular flexibility index (Phi) is 4.24. The summed E-state index contributed by atoms with van der Waals surface area (Å²) >= 11 is 0. The standard InChI is InChI=1S/C23H21N2O2/c1-4-24-21-15-14-18-10-8-9-13-20(18)22(21)27-23(24)16(2)25(17(3)26)19-11-6-5-7-12-19/h5-15H,2,4H2,1,3H3/q+1. The number of nitrogens with zero attached hydrogens (tertiary/aromatic N) is 2. The molecule has 0 saturated heterocycles. The van der Waals surface area contributed by atoms with Gasteiger partial charge in [-0.15, -0.1) is 0 Å². The van der Waals surface area contributed by atoms with E-state index in [1.165, 1.54) is 6.92 Å². The molecular weight excluding hydrogens is 336 g/mol. The minimum Gasteiger partial charge on any atom is -0.396 e. The lowest BCUT2D eigenvalue weighted by molar-refractivity contribution is -0.675. The largest absolute Gasteiger partial charge is 0.398 e. The van der Waals surface area contributed by atoms with Crippen LogP contribution in [-0.2, 0) is 11.3 Å². The van der Waals surface area contributed by atoms with Crippen LogP contribution in [0.2, 0.25) is 0 Å². The highest BCUT2D eigenvalue weighted by Gasteiger charge is 2.30. The summed E-state index contributed by atoms with van der Waals surface area (Å²) in [6, 6.07) is 21.8. The molecule has 0 radical (unpaired) electrons. The number of oxazole rings is 1. The fourth-order valence-corrected chi connectivity index (χ4v) is 3.54. The highest BCUT2D eigenvalue weighted by Crippen LogP contribution is 2.30. The lowest BCUT2D eigenvalue weighted by Crippen LogP contribution is -2.38. The maximum Gasteiger partial charge on any atom is 0.398 e. The van der Waals surface area contributed by atoms with Crippen LogP contribution in [0.3, 0.4) is 0 Å². The van der Waals surface area contributed by atoms with Gasteiger partial charge in [0.15, 0.2) is 5.70 Å². The molecule has 4 nitrogen and oxygen atoms in total. The summed E-state index contributed by atoms with van der Waals surface area (Å²) in [5.41, 5.74) is 3.09. The minimum absolute atomic E-state index is 0.112. The topological polar surface area (TPSA) is 37.3 Å². The second-order valence-corrected chi connectivity index (χ2v) is 6.42. The van der Waals surface area contributed by atoms with E-state index in [-0.39, 0.29) is 5.91 Å². The number of rotatable bonds is 4. The molecule has 3 aromatic carbocycles. The fraction of sp³-hybridized carbons (Fsp3) is 0.130. The average Bonchev–Trinajstić information content (AvgIpc) is 3.07. The van der Waals surface area contributed by atoms with E-state index in [1.807, 2.05) is 48.5 Å². The molecule has 4 rings (SSSR count). The number of hydrogen-bond acceptors (Lipinski definition) is 2. The number of aryl methyl sites for hydroxylation is 1. The molecule has 134 valence electrons. The van der Waals surface area contributed by atoms with Gasteiger partial charge in [0.25, 0.3) is 5.52 Å². The molecule has 0 fully saturated rings. The summed E-state index contributed by atoms with van der Waals surface area (Å²) in [5, 5.41) is 2.16. The van der Waals surface area contributed by atoms with Crippen molar-refractivity contribution in [3.8, 4) is 0 Å². The van der Waals surface area contributed by atoms with Gasteiger partial charge in [-0.05, 0) is 30.5 Å². The van der Waals surface area contributed by atoms with Crippen molar-refractivity contribution in [1.82, 2.24) is 0 Å². The second-order valence-electron chi connectivity index (χ2n) is 6.42. The summed E-state index contributed by atoms with van der Waals surface area (Å²) in [6.07, 6.45) is 0. The Morgan fingerprint density at radius 1 is 1.04 bits per heavy atom. The number of anilines is 1. The van der Waals surface area contributed by atoms with Gasteiger partial charge in [-0.25, -0.2) is 0 Å². The van der Waals surface area contributed by atoms with Crippen molar-refractivity contribution < 1.29 is 13.8 Å². The van der Waals surface area contributed by atoms with Crippen molar-refractivity contribution in [2.24, 2.45) is 0 Å². The zero-order valence-electron chi connectivity index (χ0n) is 15.5. The first-order valence-corrected chi connectivity index (χ1v) is 9.01. The molecule has 0 aliphatic carbocycles. The summed E-state index contributed by atoms with van der Waals surface area (Å²) in [4.78, 5) is 14.0. The number of fused-ring (bicyclic) bond motifs is 3. The van der Waals surface area contributed by atoms with E-state index < -0.39 is 0 Å². The molecule has 0 aliphatic heterocycles. The first-order valence-electron chi connectivity index (χ1n) is 9.01. The molecule has 0 saturated carbocycles. The maximum absolute atomic E-state index is 12.4. The van der Waals surface area contributed by atoms with Gasteiger partial charge in [-0.1, -0.05) is 49.0 Å². The van der Waals surface area contributed by atoms with Gasteiger partial charge in [0.1, 0.15) is 6.54 Å². The zero-order chi connectivity index (χ0) is 19.0. The average molecular weight is 357 g/mol. The molecule has 0 atom stereocenters. The third-order valence-electron chi connectivity index (χ3n) is 4.76. The molecule has 0 unspecified atom stereocenters. The van der Waals surface area contributed by atoms with Gasteiger partial charge in [-0.3, -0.25) is 9.69 Å². The Hall–Kier alpha value is -3.40. The number of carbonyl (C=O) groups excluding carboxylic acids is 1. The number of aromatic nitrogens is 1. The third-order valence-corrected chi connectivity index (χ3v) is 4.76. The molecule has 1 aromatic heterocycles. The van der Waals surface area contributed by atoms with E-state index in [1.54, 1.807) is 4.90 Å². The van der Waals surface area contributed by atoms with Crippen molar-refractivity contribution >= 4 is 39.2 Å². The van der Waals surface area contributed by atoms with Crippen LogP contribution < -0.4 is 9.47 Å². The van der Waals surface area contributed by atoms with Crippen molar-refractivity contribution in [2.45, 2.75) is 20.4 Å². The van der Waals surface area contributed by atoms with Crippen LogP contribution in [-0.4, -0.2) is 5.91 Å². The third kappa shape index (κ3) is 2.79. The summed E-state index contributed by atoms with van der Waals surface area (Å²) in [6.45, 7) is 8.50. The first kappa shape index (κ1) is 17.0. The number of hydrogen-bond donors (Lipinski definition) is 0. The van der Waals surface area contributed by atoms with Gasteiger partial charge >= 0.3 is 5.89 Å². The normalized spacial score (nSPS) is 11.0. The van der Waals surface area contributed by atoms with Gasteiger partial charge < -0.3 is 4.42 Å². The number of amides is 1. The SMILES string of the molecule is C=C(c1oc2c3ccccc3ccc2[n+]1CC)N(C(C)=O)c1ccccc1. The lowest BCUT2D eigenvalue weighted by atomic mass is 10.1. The predicted molar refractivity (Wildman–Crippen MR) is 108 cm³/mol. The fourth-order valence-electron chi connectivity index (χ4n) is 3.54. The summed E-state index contributed by atoms with van der Waals surface area (Å²) < 4.78 is 8.35. The first-order chi connectivity index (χ1) is 13.1. The maximum atomic E-state index is 12.4. The van der Waals surface area contributed by atoms with E-state index in [4.69, 9.17) is 4.42 Å². The Bertz CT molecular complexity index is 1160. The minimum atomic E-state index is -0.112. The van der Waals surface area contributed by atoms with Crippen LogP contribution in [0.25, 0.3) is 27.6 Å². The molecule has 1 amide bonds. The van der Waals surface area contributed by atoms with Crippen LogP contribution in [0.15, 0.2) is 77.7 Å². The van der Waals surface area contributed by atoms with E-state index in [0.29, 0.717) is 18.1 Å². The Balaban J connectivity index is 1.93.